The van der Waals surface area contributed by atoms with Crippen molar-refractivity contribution < 1.29 is 9.32 Å². The van der Waals surface area contributed by atoms with Crippen LogP contribution < -0.4 is 0 Å². The molecule has 1 saturated carbocycles. The van der Waals surface area contributed by atoms with E-state index < -0.39 is 0 Å². The minimum Gasteiger partial charge on any atom is -0.360 e. The Bertz CT molecular complexity index is 762. The van der Waals surface area contributed by atoms with Gasteiger partial charge >= 0.3 is 0 Å². The van der Waals surface area contributed by atoms with E-state index >= 15 is 0 Å². The van der Waals surface area contributed by atoms with Crippen LogP contribution in [0.15, 0.2) is 16.9 Å². The second kappa shape index (κ2) is 8.25. The van der Waals surface area contributed by atoms with Crippen LogP contribution in [0, 0.1) is 6.92 Å². The Kier molecular flexibility index (Phi) is 5.57. The number of hydrogen-bond acceptors (Lipinski definition) is 5. The van der Waals surface area contributed by atoms with Crippen molar-refractivity contribution in [2.45, 2.75) is 57.9 Å². The van der Waals surface area contributed by atoms with E-state index in [0.29, 0.717) is 11.6 Å². The molecule has 2 aromatic heterocycles. The second-order valence-electron chi connectivity index (χ2n) is 7.85. The number of carbonyl (C=O) groups is 1. The molecule has 0 atom stereocenters. The normalized spacial score (nSPS) is 20.0. The van der Waals surface area contributed by atoms with Gasteiger partial charge in [-0.2, -0.15) is 0 Å². The van der Waals surface area contributed by atoms with Crippen molar-refractivity contribution >= 4 is 5.91 Å². The Morgan fingerprint density at radius 1 is 1.19 bits per heavy atom. The molecule has 7 heteroatoms. The zero-order valence-electron chi connectivity index (χ0n) is 16.1. The molecule has 0 unspecified atom stereocenters. The summed E-state index contributed by atoms with van der Waals surface area (Å²) in [5, 5.41) is 4.34. The number of aryl methyl sites for hydroxylation is 1. The first-order valence-electron chi connectivity index (χ1n) is 10.2. The largest absolute Gasteiger partial charge is 0.360 e. The Labute approximate surface area is 160 Å². The van der Waals surface area contributed by atoms with Crippen LogP contribution in [-0.4, -0.2) is 57.0 Å². The molecular formula is C20H29N5O2. The van der Waals surface area contributed by atoms with Gasteiger partial charge in [0.05, 0.1) is 18.6 Å². The Balaban J connectivity index is 1.33. The first kappa shape index (κ1) is 18.2. The number of nitrogens with one attached hydrogen (secondary N) is 1. The molecule has 2 aromatic rings. The van der Waals surface area contributed by atoms with Gasteiger partial charge in [-0.05, 0) is 26.2 Å². The van der Waals surface area contributed by atoms with Crippen LogP contribution in [0.4, 0.5) is 0 Å². The Morgan fingerprint density at radius 3 is 2.81 bits per heavy atom. The van der Waals surface area contributed by atoms with Crippen LogP contribution in [0.2, 0.25) is 0 Å². The van der Waals surface area contributed by atoms with Crippen molar-refractivity contribution in [2.24, 2.45) is 0 Å². The monoisotopic (exact) mass is 371 g/mol. The number of aromatic amines is 1. The third kappa shape index (κ3) is 4.24. The third-order valence-corrected chi connectivity index (χ3v) is 5.89. The fourth-order valence-electron chi connectivity index (χ4n) is 4.27. The summed E-state index contributed by atoms with van der Waals surface area (Å²) in [5.74, 6) is 1.54. The van der Waals surface area contributed by atoms with Crippen LogP contribution in [0.1, 0.15) is 72.1 Å². The van der Waals surface area contributed by atoms with Gasteiger partial charge in [-0.1, -0.05) is 24.4 Å². The van der Waals surface area contributed by atoms with Crippen molar-refractivity contribution in [2.75, 3.05) is 26.2 Å². The predicted octanol–water partition coefficient (Wildman–Crippen LogP) is 3.10. The minimum atomic E-state index is 0.0230. The Morgan fingerprint density at radius 2 is 2.04 bits per heavy atom. The number of H-pyrrole nitrogens is 1. The molecule has 2 fully saturated rings. The number of carbonyl (C=O) groups excluding carboxylic acids is 1. The van der Waals surface area contributed by atoms with Crippen molar-refractivity contribution in [1.82, 2.24) is 24.9 Å². The maximum Gasteiger partial charge on any atom is 0.274 e. The summed E-state index contributed by atoms with van der Waals surface area (Å²) in [4.78, 5) is 24.1. The highest BCUT2D eigenvalue weighted by Gasteiger charge is 2.24. The maximum atomic E-state index is 12.7. The average Bonchev–Trinajstić information content (AvgIpc) is 3.26. The van der Waals surface area contributed by atoms with Gasteiger partial charge in [-0.3, -0.25) is 9.69 Å². The van der Waals surface area contributed by atoms with E-state index in [1.54, 1.807) is 6.33 Å². The highest BCUT2D eigenvalue weighted by Crippen LogP contribution is 2.32. The molecule has 1 N–H and O–H groups in total. The van der Waals surface area contributed by atoms with E-state index in [1.807, 2.05) is 11.8 Å². The van der Waals surface area contributed by atoms with E-state index in [4.69, 9.17) is 4.52 Å². The highest BCUT2D eigenvalue weighted by atomic mass is 16.5. The van der Waals surface area contributed by atoms with Gasteiger partial charge < -0.3 is 14.4 Å². The first-order chi connectivity index (χ1) is 13.2. The van der Waals surface area contributed by atoms with E-state index in [9.17, 15) is 4.79 Å². The molecule has 7 nitrogen and oxygen atoms in total. The van der Waals surface area contributed by atoms with Crippen LogP contribution in [0.25, 0.3) is 0 Å². The van der Waals surface area contributed by atoms with Crippen LogP contribution in [0.5, 0.6) is 0 Å². The van der Waals surface area contributed by atoms with Gasteiger partial charge in [0.15, 0.2) is 5.76 Å². The lowest BCUT2D eigenvalue weighted by molar-refractivity contribution is 0.0754. The van der Waals surface area contributed by atoms with E-state index in [0.717, 1.165) is 56.3 Å². The number of rotatable bonds is 4. The summed E-state index contributed by atoms with van der Waals surface area (Å²) < 4.78 is 5.62. The molecule has 0 spiro atoms. The standard InChI is InChI=1S/C20H29N5O2/c1-15-19(22-14-21-15)20(26)25-9-5-8-24(10-11-25)13-17-12-18(23-27-17)16-6-3-2-4-7-16/h12,14,16H,2-11,13H2,1H3,(H,21,22). The molecule has 1 amide bonds. The first-order valence-corrected chi connectivity index (χ1v) is 10.2. The number of amides is 1. The molecule has 1 aliphatic heterocycles. The van der Waals surface area contributed by atoms with Crippen molar-refractivity contribution in [1.29, 1.82) is 0 Å². The number of aromatic nitrogens is 3. The third-order valence-electron chi connectivity index (χ3n) is 5.89. The van der Waals surface area contributed by atoms with Crippen molar-refractivity contribution in [3.63, 3.8) is 0 Å². The molecule has 0 bridgehead atoms. The molecule has 0 radical (unpaired) electrons. The molecule has 4 rings (SSSR count). The molecule has 1 aliphatic carbocycles. The van der Waals surface area contributed by atoms with Crippen LogP contribution in [-0.2, 0) is 6.54 Å². The predicted molar refractivity (Wildman–Crippen MR) is 101 cm³/mol. The fourth-order valence-corrected chi connectivity index (χ4v) is 4.27. The molecule has 0 aromatic carbocycles. The van der Waals surface area contributed by atoms with Gasteiger partial charge in [-0.25, -0.2) is 4.98 Å². The summed E-state index contributed by atoms with van der Waals surface area (Å²) in [6.07, 6.45) is 8.97. The highest BCUT2D eigenvalue weighted by molar-refractivity contribution is 5.93. The summed E-state index contributed by atoms with van der Waals surface area (Å²) in [7, 11) is 0. The molecule has 27 heavy (non-hydrogen) atoms. The molecule has 2 aliphatic rings. The lowest BCUT2D eigenvalue weighted by Crippen LogP contribution is -2.35. The smallest absolute Gasteiger partial charge is 0.274 e. The van der Waals surface area contributed by atoms with Gasteiger partial charge in [0.2, 0.25) is 0 Å². The molecule has 146 valence electrons. The quantitative estimate of drug-likeness (QED) is 0.893. The van der Waals surface area contributed by atoms with E-state index in [-0.39, 0.29) is 5.91 Å². The SMILES string of the molecule is Cc1[nH]cnc1C(=O)N1CCCN(Cc2cc(C3CCCCC3)no2)CC1. The number of imidazole rings is 1. The Hall–Kier alpha value is -2.15. The van der Waals surface area contributed by atoms with Crippen LogP contribution >= 0.6 is 0 Å². The second-order valence-corrected chi connectivity index (χ2v) is 7.85. The lowest BCUT2D eigenvalue weighted by Gasteiger charge is -2.21. The minimum absolute atomic E-state index is 0.0230. The fraction of sp³-hybridized carbons (Fsp3) is 0.650. The van der Waals surface area contributed by atoms with Gasteiger partial charge in [0.25, 0.3) is 5.91 Å². The summed E-state index contributed by atoms with van der Waals surface area (Å²) >= 11 is 0. The zero-order chi connectivity index (χ0) is 18.6. The van der Waals surface area contributed by atoms with Crippen molar-refractivity contribution in [3.05, 3.63) is 35.2 Å². The molecular weight excluding hydrogens is 342 g/mol. The molecule has 3 heterocycles. The zero-order valence-corrected chi connectivity index (χ0v) is 16.1. The lowest BCUT2D eigenvalue weighted by atomic mass is 9.87. The van der Waals surface area contributed by atoms with Crippen LogP contribution in [0.3, 0.4) is 0 Å². The van der Waals surface area contributed by atoms with E-state index in [2.05, 4.69) is 26.1 Å². The summed E-state index contributed by atoms with van der Waals surface area (Å²) in [5.41, 5.74) is 2.50. The average molecular weight is 371 g/mol. The topological polar surface area (TPSA) is 78.3 Å². The van der Waals surface area contributed by atoms with Gasteiger partial charge in [0, 0.05) is 43.9 Å². The summed E-state index contributed by atoms with van der Waals surface area (Å²) in [6, 6.07) is 2.15. The van der Waals surface area contributed by atoms with Gasteiger partial charge in [-0.15, -0.1) is 0 Å². The number of hydrogen-bond donors (Lipinski definition) is 1. The van der Waals surface area contributed by atoms with Crippen molar-refractivity contribution in [3.8, 4) is 0 Å². The molecule has 1 saturated heterocycles. The summed E-state index contributed by atoms with van der Waals surface area (Å²) in [6.45, 7) is 5.94. The number of nitrogens with zero attached hydrogens (tertiary/aromatic N) is 4. The van der Waals surface area contributed by atoms with Gasteiger partial charge in [0.1, 0.15) is 5.69 Å². The maximum absolute atomic E-state index is 12.7. The van der Waals surface area contributed by atoms with E-state index in [1.165, 1.54) is 32.1 Å².